The number of aliphatic hydroxyl groups excluding tert-OH is 1. The third-order valence-corrected chi connectivity index (χ3v) is 3.33. The van der Waals surface area contributed by atoms with Crippen LogP contribution in [0.2, 0.25) is 4.34 Å². The second-order valence-corrected chi connectivity index (χ2v) is 4.52. The van der Waals surface area contributed by atoms with Gasteiger partial charge >= 0.3 is 0 Å². The molecule has 1 N–H and O–H groups in total. The van der Waals surface area contributed by atoms with Gasteiger partial charge in [-0.05, 0) is 17.7 Å². The van der Waals surface area contributed by atoms with Crippen molar-refractivity contribution in [2.24, 2.45) is 0 Å². The van der Waals surface area contributed by atoms with Gasteiger partial charge in [0.2, 0.25) is 0 Å². The van der Waals surface area contributed by atoms with Crippen molar-refractivity contribution >= 4 is 33.0 Å². The quantitative estimate of drug-likeness (QED) is 0.808. The van der Waals surface area contributed by atoms with Gasteiger partial charge in [-0.1, -0.05) is 17.7 Å². The molecule has 1 aromatic carbocycles. The first-order valence-electron chi connectivity index (χ1n) is 3.98. The number of nitrogens with zero attached hydrogens (tertiary/aromatic N) is 1. The molecule has 4 heteroatoms. The van der Waals surface area contributed by atoms with E-state index in [0.29, 0.717) is 9.90 Å². The molecule has 14 heavy (non-hydrogen) atoms. The molecule has 0 fully saturated rings. The van der Waals surface area contributed by atoms with Gasteiger partial charge in [-0.3, -0.25) is 0 Å². The maximum Gasteiger partial charge on any atom is 0.101 e. The van der Waals surface area contributed by atoms with E-state index in [-0.39, 0.29) is 6.61 Å². The fourth-order valence-corrected chi connectivity index (χ4v) is 2.61. The summed E-state index contributed by atoms with van der Waals surface area (Å²) in [5.41, 5.74) is 1.41. The first-order valence-corrected chi connectivity index (χ1v) is 5.17. The predicted molar refractivity (Wildman–Crippen MR) is 57.5 cm³/mol. The lowest BCUT2D eigenvalue weighted by molar-refractivity contribution is 0.283. The number of rotatable bonds is 1. The lowest BCUT2D eigenvalue weighted by Crippen LogP contribution is -1.84. The van der Waals surface area contributed by atoms with Gasteiger partial charge in [0.05, 0.1) is 21.2 Å². The first kappa shape index (κ1) is 9.47. The Kier molecular flexibility index (Phi) is 2.42. The molecule has 0 atom stereocenters. The zero-order valence-corrected chi connectivity index (χ0v) is 8.69. The molecule has 0 unspecified atom stereocenters. The standard InChI is InChI=1S/C10H6ClNOS/c11-9-3-8-7(5-13)2-1-6(4-12)10(8)14-9/h1-3,13H,5H2. The molecule has 70 valence electrons. The minimum atomic E-state index is -0.0325. The van der Waals surface area contributed by atoms with Crippen LogP contribution in [0.1, 0.15) is 11.1 Å². The van der Waals surface area contributed by atoms with Crippen molar-refractivity contribution in [3.05, 3.63) is 33.7 Å². The maximum atomic E-state index is 9.09. The topological polar surface area (TPSA) is 44.0 Å². The van der Waals surface area contributed by atoms with E-state index < -0.39 is 0 Å². The van der Waals surface area contributed by atoms with E-state index in [4.69, 9.17) is 22.0 Å². The van der Waals surface area contributed by atoms with Crippen LogP contribution in [-0.2, 0) is 6.61 Å². The van der Waals surface area contributed by atoms with Gasteiger partial charge in [0.15, 0.2) is 0 Å². The number of thiophene rings is 1. The Morgan fingerprint density at radius 1 is 1.50 bits per heavy atom. The SMILES string of the molecule is N#Cc1ccc(CO)c2cc(Cl)sc12. The second kappa shape index (κ2) is 3.58. The summed E-state index contributed by atoms with van der Waals surface area (Å²) in [5.74, 6) is 0. The van der Waals surface area contributed by atoms with Crippen LogP contribution in [-0.4, -0.2) is 5.11 Å². The van der Waals surface area contributed by atoms with Gasteiger partial charge in [0, 0.05) is 5.39 Å². The fraction of sp³-hybridized carbons (Fsp3) is 0.100. The molecule has 0 spiro atoms. The third-order valence-electron chi connectivity index (χ3n) is 2.03. The summed E-state index contributed by atoms with van der Waals surface area (Å²) in [5, 5.41) is 18.8. The summed E-state index contributed by atoms with van der Waals surface area (Å²) in [6.45, 7) is -0.0325. The molecule has 0 amide bonds. The van der Waals surface area contributed by atoms with Crippen molar-refractivity contribution in [2.75, 3.05) is 0 Å². The monoisotopic (exact) mass is 223 g/mol. The lowest BCUT2D eigenvalue weighted by Gasteiger charge is -1.99. The van der Waals surface area contributed by atoms with E-state index in [9.17, 15) is 0 Å². The van der Waals surface area contributed by atoms with Crippen molar-refractivity contribution in [3.8, 4) is 6.07 Å². The van der Waals surface area contributed by atoms with Crippen molar-refractivity contribution in [2.45, 2.75) is 6.61 Å². The first-order chi connectivity index (χ1) is 6.76. The Balaban J connectivity index is 2.86. The third kappa shape index (κ3) is 1.38. The van der Waals surface area contributed by atoms with Crippen LogP contribution >= 0.6 is 22.9 Å². The number of benzene rings is 1. The summed E-state index contributed by atoms with van der Waals surface area (Å²) in [6.07, 6.45) is 0. The van der Waals surface area contributed by atoms with Gasteiger partial charge in [0.25, 0.3) is 0 Å². The molecule has 2 rings (SSSR count). The Bertz CT molecular complexity index is 527. The van der Waals surface area contributed by atoms with Crippen LogP contribution in [0.15, 0.2) is 18.2 Å². The Labute approximate surface area is 90.0 Å². The summed E-state index contributed by atoms with van der Waals surface area (Å²) in [6, 6.07) is 7.35. The molecule has 0 aliphatic rings. The highest BCUT2D eigenvalue weighted by Crippen LogP contribution is 2.33. The summed E-state index contributed by atoms with van der Waals surface area (Å²) >= 11 is 7.23. The highest BCUT2D eigenvalue weighted by atomic mass is 35.5. The smallest absolute Gasteiger partial charge is 0.101 e. The Morgan fingerprint density at radius 3 is 2.93 bits per heavy atom. The van der Waals surface area contributed by atoms with Crippen LogP contribution < -0.4 is 0 Å². The molecular weight excluding hydrogens is 218 g/mol. The number of halogens is 1. The summed E-state index contributed by atoms with van der Waals surface area (Å²) in [4.78, 5) is 0. The predicted octanol–water partition coefficient (Wildman–Crippen LogP) is 2.92. The molecule has 0 bridgehead atoms. The Hall–Kier alpha value is -1.08. The van der Waals surface area contributed by atoms with Crippen LogP contribution in [0, 0.1) is 11.3 Å². The van der Waals surface area contributed by atoms with Crippen molar-refractivity contribution in [1.29, 1.82) is 5.26 Å². The zero-order valence-electron chi connectivity index (χ0n) is 7.12. The van der Waals surface area contributed by atoms with E-state index in [1.165, 1.54) is 11.3 Å². The number of aliphatic hydroxyl groups is 1. The van der Waals surface area contributed by atoms with E-state index in [0.717, 1.165) is 15.6 Å². The summed E-state index contributed by atoms with van der Waals surface area (Å²) in [7, 11) is 0. The lowest BCUT2D eigenvalue weighted by atomic mass is 10.1. The molecule has 0 aliphatic carbocycles. The van der Waals surface area contributed by atoms with E-state index in [2.05, 4.69) is 6.07 Å². The summed E-state index contributed by atoms with van der Waals surface area (Å²) < 4.78 is 1.49. The highest BCUT2D eigenvalue weighted by Gasteiger charge is 2.08. The minimum absolute atomic E-state index is 0.0325. The minimum Gasteiger partial charge on any atom is -0.392 e. The highest BCUT2D eigenvalue weighted by molar-refractivity contribution is 7.22. The molecule has 1 aromatic heterocycles. The normalized spacial score (nSPS) is 10.4. The van der Waals surface area contributed by atoms with Gasteiger partial charge in [-0.15, -0.1) is 11.3 Å². The van der Waals surface area contributed by atoms with Crippen molar-refractivity contribution in [3.63, 3.8) is 0 Å². The van der Waals surface area contributed by atoms with Gasteiger partial charge in [-0.2, -0.15) is 5.26 Å². The molecule has 0 radical (unpaired) electrons. The van der Waals surface area contributed by atoms with Crippen molar-refractivity contribution in [1.82, 2.24) is 0 Å². The van der Waals surface area contributed by atoms with Gasteiger partial charge in [0.1, 0.15) is 6.07 Å². The van der Waals surface area contributed by atoms with Crippen LogP contribution in [0.4, 0.5) is 0 Å². The van der Waals surface area contributed by atoms with Gasteiger partial charge in [-0.25, -0.2) is 0 Å². The van der Waals surface area contributed by atoms with E-state index >= 15 is 0 Å². The largest absolute Gasteiger partial charge is 0.392 e. The second-order valence-electron chi connectivity index (χ2n) is 2.84. The molecule has 0 aliphatic heterocycles. The number of nitriles is 1. The molecule has 2 aromatic rings. The molecule has 0 saturated carbocycles. The number of hydrogen-bond donors (Lipinski definition) is 1. The molecular formula is C10H6ClNOS. The van der Waals surface area contributed by atoms with Crippen LogP contribution in [0.5, 0.6) is 0 Å². The molecule has 1 heterocycles. The molecule has 0 saturated heterocycles. The molecule has 2 nitrogen and oxygen atoms in total. The average Bonchev–Trinajstić information content (AvgIpc) is 2.57. The number of fused-ring (bicyclic) bond motifs is 1. The van der Waals surface area contributed by atoms with Gasteiger partial charge < -0.3 is 5.11 Å². The van der Waals surface area contributed by atoms with E-state index in [1.54, 1.807) is 18.2 Å². The fourth-order valence-electron chi connectivity index (χ4n) is 1.37. The van der Waals surface area contributed by atoms with Crippen molar-refractivity contribution < 1.29 is 5.11 Å². The van der Waals surface area contributed by atoms with E-state index in [1.807, 2.05) is 0 Å². The average molecular weight is 224 g/mol. The van der Waals surface area contributed by atoms with Crippen LogP contribution in [0.3, 0.4) is 0 Å². The van der Waals surface area contributed by atoms with Crippen LogP contribution in [0.25, 0.3) is 10.1 Å². The number of hydrogen-bond acceptors (Lipinski definition) is 3. The Morgan fingerprint density at radius 2 is 2.29 bits per heavy atom. The zero-order chi connectivity index (χ0) is 10.1. The maximum absolute atomic E-state index is 9.09.